The predicted octanol–water partition coefficient (Wildman–Crippen LogP) is 3.84. The molecule has 0 aliphatic carbocycles. The van der Waals surface area contributed by atoms with E-state index in [-0.39, 0.29) is 5.69 Å². The lowest BCUT2D eigenvalue weighted by Gasteiger charge is -2.34. The lowest BCUT2D eigenvalue weighted by molar-refractivity contribution is 0.373. The smallest absolute Gasteiger partial charge is 0.243 e. The monoisotopic (exact) mass is 448 g/mol. The van der Waals surface area contributed by atoms with Crippen LogP contribution in [0.5, 0.6) is 0 Å². The van der Waals surface area contributed by atoms with Gasteiger partial charge in [0.1, 0.15) is 6.07 Å². The van der Waals surface area contributed by atoms with E-state index in [0.29, 0.717) is 42.8 Å². The summed E-state index contributed by atoms with van der Waals surface area (Å²) >= 11 is 0. The number of rotatable bonds is 5. The highest BCUT2D eigenvalue weighted by atomic mass is 32.2. The third-order valence-corrected chi connectivity index (χ3v) is 7.48. The van der Waals surface area contributed by atoms with Gasteiger partial charge in [0.15, 0.2) is 0 Å². The molecule has 1 fully saturated rings. The van der Waals surface area contributed by atoms with Gasteiger partial charge in [-0.3, -0.25) is 0 Å². The number of aromatic nitrogens is 1. The summed E-state index contributed by atoms with van der Waals surface area (Å²) < 4.78 is 33.6. The van der Waals surface area contributed by atoms with E-state index in [2.05, 4.69) is 11.1 Å². The molecule has 0 radical (unpaired) electrons. The summed E-state index contributed by atoms with van der Waals surface area (Å²) in [5.74, 6) is 0.717. The fourth-order valence-corrected chi connectivity index (χ4v) is 5.41. The Morgan fingerprint density at radius 1 is 1.03 bits per heavy atom. The van der Waals surface area contributed by atoms with Crippen LogP contribution in [0.25, 0.3) is 12.2 Å². The highest BCUT2D eigenvalue weighted by Crippen LogP contribution is 2.27. The summed E-state index contributed by atoms with van der Waals surface area (Å²) in [7, 11) is -3.58. The minimum atomic E-state index is -3.58. The average molecular weight is 449 g/mol. The summed E-state index contributed by atoms with van der Waals surface area (Å²) in [6.45, 7) is 5.18. The first-order valence-electron chi connectivity index (χ1n) is 10.3. The first-order valence-corrected chi connectivity index (χ1v) is 11.8. The summed E-state index contributed by atoms with van der Waals surface area (Å²) in [5, 5.41) is 9.50. The Balaban J connectivity index is 1.49. The van der Waals surface area contributed by atoms with Crippen molar-refractivity contribution in [1.82, 2.24) is 9.29 Å². The van der Waals surface area contributed by atoms with Gasteiger partial charge in [-0.05, 0) is 37.1 Å². The third-order valence-electron chi connectivity index (χ3n) is 5.42. The lowest BCUT2D eigenvalue weighted by Crippen LogP contribution is -2.48. The Morgan fingerprint density at radius 3 is 2.41 bits per heavy atom. The molecule has 0 spiro atoms. The van der Waals surface area contributed by atoms with E-state index in [9.17, 15) is 13.7 Å². The molecule has 1 saturated heterocycles. The molecule has 0 saturated carbocycles. The molecule has 7 nitrogen and oxygen atoms in total. The number of hydrogen-bond donors (Lipinski definition) is 0. The fraction of sp³-hybridized carbons (Fsp3) is 0.250. The molecule has 3 aromatic rings. The van der Waals surface area contributed by atoms with Gasteiger partial charge in [0.25, 0.3) is 0 Å². The summed E-state index contributed by atoms with van der Waals surface area (Å²) in [6.07, 6.45) is 3.59. The van der Waals surface area contributed by atoms with Crippen LogP contribution < -0.4 is 4.90 Å². The molecule has 0 atom stereocenters. The van der Waals surface area contributed by atoms with Crippen LogP contribution in [0.1, 0.15) is 28.3 Å². The van der Waals surface area contributed by atoms with E-state index in [1.54, 1.807) is 12.1 Å². The van der Waals surface area contributed by atoms with Crippen molar-refractivity contribution >= 4 is 28.1 Å². The minimum Gasteiger partial charge on any atom is -0.420 e. The highest BCUT2D eigenvalue weighted by Gasteiger charge is 2.31. The Kier molecular flexibility index (Phi) is 6.12. The number of hydrogen-bond acceptors (Lipinski definition) is 6. The highest BCUT2D eigenvalue weighted by molar-refractivity contribution is 7.89. The Bertz CT molecular complexity index is 1280. The number of nitriles is 1. The van der Waals surface area contributed by atoms with Crippen LogP contribution in [0.2, 0.25) is 0 Å². The molecule has 1 aliphatic heterocycles. The SMILES string of the molecule is Cc1ccc(S(=O)(=O)N2CCN(c3oc(/C=C/c4ccccc4)nc3C#N)CC2)c(C)c1. The topological polar surface area (TPSA) is 90.4 Å². The zero-order valence-electron chi connectivity index (χ0n) is 18.0. The molecule has 0 amide bonds. The van der Waals surface area contributed by atoms with Crippen LogP contribution in [0.3, 0.4) is 0 Å². The molecule has 0 N–H and O–H groups in total. The van der Waals surface area contributed by atoms with Gasteiger partial charge in [0.2, 0.25) is 27.5 Å². The van der Waals surface area contributed by atoms with E-state index in [0.717, 1.165) is 16.7 Å². The van der Waals surface area contributed by atoms with Crippen LogP contribution in [-0.4, -0.2) is 43.9 Å². The molecule has 8 heteroatoms. The maximum Gasteiger partial charge on any atom is 0.243 e. The second-order valence-electron chi connectivity index (χ2n) is 7.72. The van der Waals surface area contributed by atoms with Crippen LogP contribution in [0.15, 0.2) is 57.8 Å². The Hall–Kier alpha value is -3.41. The molecule has 4 rings (SSSR count). The number of piperazine rings is 1. The molecular weight excluding hydrogens is 424 g/mol. The number of sulfonamides is 1. The molecule has 1 aromatic heterocycles. The summed E-state index contributed by atoms with van der Waals surface area (Å²) in [6, 6.07) is 17.2. The van der Waals surface area contributed by atoms with E-state index in [1.165, 1.54) is 4.31 Å². The second-order valence-corrected chi connectivity index (χ2v) is 9.63. The van der Waals surface area contributed by atoms with Gasteiger partial charge in [-0.15, -0.1) is 0 Å². The van der Waals surface area contributed by atoms with Crippen molar-refractivity contribution in [3.63, 3.8) is 0 Å². The summed E-state index contributed by atoms with van der Waals surface area (Å²) in [4.78, 5) is 6.48. The third kappa shape index (κ3) is 4.44. The van der Waals surface area contributed by atoms with Crippen molar-refractivity contribution in [3.05, 3.63) is 76.8 Å². The minimum absolute atomic E-state index is 0.198. The van der Waals surface area contributed by atoms with Gasteiger partial charge in [0, 0.05) is 32.3 Å². The Labute approximate surface area is 188 Å². The molecule has 2 heterocycles. The van der Waals surface area contributed by atoms with Gasteiger partial charge in [-0.1, -0.05) is 48.0 Å². The van der Waals surface area contributed by atoms with Gasteiger partial charge < -0.3 is 9.32 Å². The maximum atomic E-state index is 13.1. The van der Waals surface area contributed by atoms with Crippen LogP contribution >= 0.6 is 0 Å². The lowest BCUT2D eigenvalue weighted by atomic mass is 10.2. The summed E-state index contributed by atoms with van der Waals surface area (Å²) in [5.41, 5.74) is 2.96. The standard InChI is InChI=1S/C24H24N4O3S/c1-18-8-10-22(19(2)16-18)32(29,30)28-14-12-27(13-15-28)24-21(17-25)26-23(31-24)11-9-20-6-4-3-5-7-20/h3-11,16H,12-15H2,1-2H3/b11-9+. The fourth-order valence-electron chi connectivity index (χ4n) is 3.78. The first-order chi connectivity index (χ1) is 15.4. The van der Waals surface area contributed by atoms with Gasteiger partial charge >= 0.3 is 0 Å². The van der Waals surface area contributed by atoms with Crippen LogP contribution in [0.4, 0.5) is 5.88 Å². The van der Waals surface area contributed by atoms with E-state index >= 15 is 0 Å². The second kappa shape index (κ2) is 8.99. The van der Waals surface area contributed by atoms with Crippen molar-refractivity contribution in [1.29, 1.82) is 5.26 Å². The molecule has 2 aromatic carbocycles. The van der Waals surface area contributed by atoms with Crippen molar-refractivity contribution in [3.8, 4) is 6.07 Å². The van der Waals surface area contributed by atoms with Crippen molar-refractivity contribution in [2.75, 3.05) is 31.1 Å². The molecule has 0 unspecified atom stereocenters. The molecule has 32 heavy (non-hydrogen) atoms. The van der Waals surface area contributed by atoms with E-state index < -0.39 is 10.0 Å². The van der Waals surface area contributed by atoms with Crippen LogP contribution in [0, 0.1) is 25.2 Å². The molecular formula is C24H24N4O3S. The quantitative estimate of drug-likeness (QED) is 0.589. The van der Waals surface area contributed by atoms with Crippen molar-refractivity contribution in [2.24, 2.45) is 0 Å². The zero-order chi connectivity index (χ0) is 22.7. The molecule has 1 aliphatic rings. The molecule has 164 valence electrons. The van der Waals surface area contributed by atoms with Crippen molar-refractivity contribution in [2.45, 2.75) is 18.7 Å². The van der Waals surface area contributed by atoms with E-state index in [4.69, 9.17) is 4.42 Å². The number of nitrogens with zero attached hydrogens (tertiary/aromatic N) is 4. The zero-order valence-corrected chi connectivity index (χ0v) is 18.8. The number of oxazole rings is 1. The number of anilines is 1. The number of benzene rings is 2. The van der Waals surface area contributed by atoms with Crippen LogP contribution in [-0.2, 0) is 10.0 Å². The van der Waals surface area contributed by atoms with Crippen molar-refractivity contribution < 1.29 is 12.8 Å². The largest absolute Gasteiger partial charge is 0.420 e. The average Bonchev–Trinajstić information content (AvgIpc) is 3.21. The Morgan fingerprint density at radius 2 is 1.75 bits per heavy atom. The maximum absolute atomic E-state index is 13.1. The van der Waals surface area contributed by atoms with E-state index in [1.807, 2.05) is 67.3 Å². The number of aryl methyl sites for hydroxylation is 2. The van der Waals surface area contributed by atoms with Gasteiger partial charge in [0.05, 0.1) is 4.90 Å². The normalized spacial score (nSPS) is 15.2. The van der Waals surface area contributed by atoms with Gasteiger partial charge in [-0.25, -0.2) is 8.42 Å². The first kappa shape index (κ1) is 21.8. The molecule has 0 bridgehead atoms. The van der Waals surface area contributed by atoms with Gasteiger partial charge in [-0.2, -0.15) is 14.6 Å². The predicted molar refractivity (Wildman–Crippen MR) is 123 cm³/mol.